The van der Waals surface area contributed by atoms with Crippen LogP contribution < -0.4 is 14.2 Å². The maximum atomic E-state index is 12.3. The van der Waals surface area contributed by atoms with Crippen molar-refractivity contribution in [3.8, 4) is 11.5 Å². The van der Waals surface area contributed by atoms with Crippen LogP contribution in [0.15, 0.2) is 47.4 Å². The first-order valence-corrected chi connectivity index (χ1v) is 7.85. The van der Waals surface area contributed by atoms with Crippen LogP contribution in [0.2, 0.25) is 0 Å². The monoisotopic (exact) mass is 338 g/mol. The van der Waals surface area contributed by atoms with E-state index >= 15 is 0 Å². The molecule has 122 valence electrons. The van der Waals surface area contributed by atoms with Gasteiger partial charge in [-0.3, -0.25) is 14.8 Å². The number of nitrogens with zero attached hydrogens (tertiary/aromatic N) is 1. The van der Waals surface area contributed by atoms with Gasteiger partial charge in [0, 0.05) is 0 Å². The molecule has 0 fully saturated rings. The lowest BCUT2D eigenvalue weighted by Crippen LogP contribution is -2.14. The van der Waals surface area contributed by atoms with Gasteiger partial charge in [0.15, 0.2) is 0 Å². The van der Waals surface area contributed by atoms with Gasteiger partial charge in [-0.25, -0.2) is 8.42 Å². The van der Waals surface area contributed by atoms with E-state index < -0.39 is 20.6 Å². The molecule has 8 nitrogen and oxygen atoms in total. The van der Waals surface area contributed by atoms with E-state index in [9.17, 15) is 18.5 Å². The number of ether oxygens (including phenoxy) is 2. The lowest BCUT2D eigenvalue weighted by Gasteiger charge is -2.10. The highest BCUT2D eigenvalue weighted by atomic mass is 32.2. The van der Waals surface area contributed by atoms with Crippen molar-refractivity contribution in [1.29, 1.82) is 0 Å². The van der Waals surface area contributed by atoms with Crippen LogP contribution in [0, 0.1) is 10.1 Å². The predicted octanol–water partition coefficient (Wildman–Crippen LogP) is 2.41. The molecule has 2 aromatic carbocycles. The van der Waals surface area contributed by atoms with Crippen molar-refractivity contribution in [1.82, 2.24) is 0 Å². The number of hydrogen-bond donors (Lipinski definition) is 1. The van der Waals surface area contributed by atoms with Crippen LogP contribution in [0.1, 0.15) is 0 Å². The van der Waals surface area contributed by atoms with E-state index in [0.717, 1.165) is 6.07 Å². The van der Waals surface area contributed by atoms with E-state index in [0.29, 0.717) is 5.75 Å². The third-order valence-corrected chi connectivity index (χ3v) is 4.40. The number of methoxy groups -OCH3 is 2. The molecule has 23 heavy (non-hydrogen) atoms. The Morgan fingerprint density at radius 3 is 2.09 bits per heavy atom. The Hall–Kier alpha value is -2.81. The number of rotatable bonds is 6. The molecule has 0 atom stereocenters. The van der Waals surface area contributed by atoms with Crippen molar-refractivity contribution in [2.45, 2.75) is 4.90 Å². The number of nitrogens with one attached hydrogen (secondary N) is 1. The van der Waals surface area contributed by atoms with Crippen LogP contribution in [0.5, 0.6) is 11.5 Å². The molecule has 0 heterocycles. The Bertz CT molecular complexity index is 818. The summed E-state index contributed by atoms with van der Waals surface area (Å²) in [4.78, 5) is 10.4. The quantitative estimate of drug-likeness (QED) is 0.640. The summed E-state index contributed by atoms with van der Waals surface area (Å²) in [6.45, 7) is 0. The number of benzene rings is 2. The minimum Gasteiger partial charge on any atom is -0.497 e. The molecular weight excluding hydrogens is 324 g/mol. The fourth-order valence-electron chi connectivity index (χ4n) is 1.83. The Labute approximate surface area is 132 Å². The molecule has 0 radical (unpaired) electrons. The van der Waals surface area contributed by atoms with E-state index in [4.69, 9.17) is 9.47 Å². The normalized spacial score (nSPS) is 10.9. The Morgan fingerprint density at radius 2 is 1.57 bits per heavy atom. The first-order valence-electron chi connectivity index (χ1n) is 6.36. The summed E-state index contributed by atoms with van der Waals surface area (Å²) in [5.74, 6) is 0.753. The molecule has 0 aliphatic rings. The van der Waals surface area contributed by atoms with Crippen molar-refractivity contribution >= 4 is 21.4 Å². The Morgan fingerprint density at radius 1 is 1.00 bits per heavy atom. The summed E-state index contributed by atoms with van der Waals surface area (Å²) in [6.07, 6.45) is 0. The fourth-order valence-corrected chi connectivity index (χ4v) is 2.91. The molecule has 2 rings (SSSR count). The summed E-state index contributed by atoms with van der Waals surface area (Å²) in [6, 6.07) is 9.50. The molecule has 0 saturated heterocycles. The molecule has 0 aliphatic carbocycles. The van der Waals surface area contributed by atoms with Gasteiger partial charge in [-0.2, -0.15) is 0 Å². The Balaban J connectivity index is 2.38. The minimum atomic E-state index is -3.96. The lowest BCUT2D eigenvalue weighted by atomic mass is 10.2. The molecule has 0 aliphatic heterocycles. The summed E-state index contributed by atoms with van der Waals surface area (Å²) >= 11 is 0. The first-order chi connectivity index (χ1) is 10.9. The summed E-state index contributed by atoms with van der Waals surface area (Å²) < 4.78 is 36.7. The van der Waals surface area contributed by atoms with E-state index in [-0.39, 0.29) is 16.3 Å². The number of anilines is 1. The molecule has 0 amide bonds. The molecule has 1 N–H and O–H groups in total. The Kier molecular flexibility index (Phi) is 4.70. The van der Waals surface area contributed by atoms with Gasteiger partial charge in [0.2, 0.25) is 0 Å². The lowest BCUT2D eigenvalue weighted by molar-refractivity contribution is -0.384. The van der Waals surface area contributed by atoms with E-state index in [1.165, 1.54) is 50.6 Å². The van der Waals surface area contributed by atoms with Crippen molar-refractivity contribution in [3.05, 3.63) is 52.6 Å². The molecule has 0 bridgehead atoms. The summed E-state index contributed by atoms with van der Waals surface area (Å²) in [7, 11) is -1.14. The second kappa shape index (κ2) is 6.53. The third-order valence-electron chi connectivity index (χ3n) is 3.02. The van der Waals surface area contributed by atoms with Crippen LogP contribution in [-0.4, -0.2) is 27.6 Å². The average molecular weight is 338 g/mol. The van der Waals surface area contributed by atoms with Crippen molar-refractivity contribution in [3.63, 3.8) is 0 Å². The molecular formula is C14H14N2O6S. The van der Waals surface area contributed by atoms with Gasteiger partial charge in [0.25, 0.3) is 15.7 Å². The molecule has 9 heteroatoms. The van der Waals surface area contributed by atoms with E-state index in [2.05, 4.69) is 4.72 Å². The number of sulfonamides is 1. The molecule has 0 saturated carbocycles. The van der Waals surface area contributed by atoms with Gasteiger partial charge < -0.3 is 9.47 Å². The largest absolute Gasteiger partial charge is 0.497 e. The smallest absolute Gasteiger partial charge is 0.297 e. The number of nitro groups is 1. The van der Waals surface area contributed by atoms with Gasteiger partial charge in [0.05, 0.1) is 30.1 Å². The zero-order valence-electron chi connectivity index (χ0n) is 12.3. The van der Waals surface area contributed by atoms with Gasteiger partial charge in [-0.05, 0) is 36.4 Å². The van der Waals surface area contributed by atoms with E-state index in [1.54, 1.807) is 0 Å². The standard InChI is InChI=1S/C14H14N2O6S/c1-21-10-3-6-12(7-4-10)23(19,20)15-13-8-5-11(22-2)9-14(13)16(17)18/h3-9,15H,1-2H3. The van der Waals surface area contributed by atoms with Crippen LogP contribution in [0.4, 0.5) is 11.4 Å². The van der Waals surface area contributed by atoms with Crippen LogP contribution >= 0.6 is 0 Å². The second-order valence-electron chi connectivity index (χ2n) is 4.42. The highest BCUT2D eigenvalue weighted by Gasteiger charge is 2.21. The van der Waals surface area contributed by atoms with Crippen molar-refractivity contribution < 1.29 is 22.8 Å². The molecule has 0 aromatic heterocycles. The zero-order valence-corrected chi connectivity index (χ0v) is 13.2. The average Bonchev–Trinajstić information content (AvgIpc) is 2.54. The molecule has 2 aromatic rings. The second-order valence-corrected chi connectivity index (χ2v) is 6.10. The molecule has 0 spiro atoms. The minimum absolute atomic E-state index is 0.0385. The predicted molar refractivity (Wildman–Crippen MR) is 83.5 cm³/mol. The maximum absolute atomic E-state index is 12.3. The van der Waals surface area contributed by atoms with Gasteiger partial charge in [-0.15, -0.1) is 0 Å². The fraction of sp³-hybridized carbons (Fsp3) is 0.143. The highest BCUT2D eigenvalue weighted by Crippen LogP contribution is 2.30. The van der Waals surface area contributed by atoms with Crippen LogP contribution in [0.25, 0.3) is 0 Å². The van der Waals surface area contributed by atoms with E-state index in [1.807, 2.05) is 0 Å². The molecule has 0 unspecified atom stereocenters. The van der Waals surface area contributed by atoms with Gasteiger partial charge in [-0.1, -0.05) is 0 Å². The van der Waals surface area contributed by atoms with Crippen LogP contribution in [0.3, 0.4) is 0 Å². The zero-order chi connectivity index (χ0) is 17.0. The summed E-state index contributed by atoms with van der Waals surface area (Å²) in [5.41, 5.74) is -0.548. The number of hydrogen-bond acceptors (Lipinski definition) is 6. The topological polar surface area (TPSA) is 108 Å². The third kappa shape index (κ3) is 3.69. The summed E-state index contributed by atoms with van der Waals surface area (Å²) in [5, 5.41) is 11.1. The van der Waals surface area contributed by atoms with Crippen molar-refractivity contribution in [2.24, 2.45) is 0 Å². The highest BCUT2D eigenvalue weighted by molar-refractivity contribution is 7.92. The maximum Gasteiger partial charge on any atom is 0.297 e. The van der Waals surface area contributed by atoms with Gasteiger partial charge in [0.1, 0.15) is 17.2 Å². The number of nitro benzene ring substituents is 1. The SMILES string of the molecule is COc1ccc(S(=O)(=O)Nc2ccc(OC)cc2[N+](=O)[O-])cc1. The van der Waals surface area contributed by atoms with Crippen molar-refractivity contribution in [2.75, 3.05) is 18.9 Å². The first kappa shape index (κ1) is 16.6. The van der Waals surface area contributed by atoms with Crippen LogP contribution in [-0.2, 0) is 10.0 Å². The van der Waals surface area contributed by atoms with Gasteiger partial charge >= 0.3 is 0 Å².